The van der Waals surface area contributed by atoms with Crippen LogP contribution in [-0.4, -0.2) is 44.0 Å². The Morgan fingerprint density at radius 1 is 1.12 bits per heavy atom. The smallest absolute Gasteiger partial charge is 0.253 e. The molecule has 5 nitrogen and oxygen atoms in total. The first-order chi connectivity index (χ1) is 11.9. The molecule has 140 valence electrons. The van der Waals surface area contributed by atoms with Crippen LogP contribution in [0.25, 0.3) is 0 Å². The van der Waals surface area contributed by atoms with Crippen LogP contribution >= 0.6 is 0 Å². The third-order valence-electron chi connectivity index (χ3n) is 3.87. The van der Waals surface area contributed by atoms with Crippen molar-refractivity contribution in [2.45, 2.75) is 46.6 Å². The number of aliphatic imine (C=N–C) groups is 1. The van der Waals surface area contributed by atoms with E-state index < -0.39 is 0 Å². The molecular weight excluding hydrogens is 312 g/mol. The molecular formula is C20H34N4O. The van der Waals surface area contributed by atoms with Gasteiger partial charge in [0.2, 0.25) is 0 Å². The van der Waals surface area contributed by atoms with Gasteiger partial charge in [-0.15, -0.1) is 0 Å². The molecule has 0 radical (unpaired) electrons. The maximum atomic E-state index is 11.9. The van der Waals surface area contributed by atoms with Crippen molar-refractivity contribution in [1.29, 1.82) is 0 Å². The van der Waals surface area contributed by atoms with E-state index in [9.17, 15) is 4.79 Å². The van der Waals surface area contributed by atoms with E-state index in [1.165, 1.54) is 12.8 Å². The number of nitrogens with zero attached hydrogens (tertiary/aromatic N) is 2. The Balaban J connectivity index is 2.51. The lowest BCUT2D eigenvalue weighted by molar-refractivity contribution is 0.0827. The summed E-state index contributed by atoms with van der Waals surface area (Å²) in [5.41, 5.74) is 1.79. The topological polar surface area (TPSA) is 56.7 Å². The quantitative estimate of drug-likeness (QED) is 0.410. The van der Waals surface area contributed by atoms with Crippen molar-refractivity contribution in [3.05, 3.63) is 35.4 Å². The summed E-state index contributed by atoms with van der Waals surface area (Å²) in [6.07, 6.45) is 3.67. The zero-order valence-corrected chi connectivity index (χ0v) is 16.4. The van der Waals surface area contributed by atoms with Crippen LogP contribution in [0, 0.1) is 5.92 Å². The van der Waals surface area contributed by atoms with E-state index in [4.69, 9.17) is 0 Å². The number of amides is 1. The average Bonchev–Trinajstić information content (AvgIpc) is 2.58. The second-order valence-electron chi connectivity index (χ2n) is 6.91. The Bertz CT molecular complexity index is 535. The van der Waals surface area contributed by atoms with E-state index >= 15 is 0 Å². The summed E-state index contributed by atoms with van der Waals surface area (Å²) in [4.78, 5) is 18.1. The molecule has 0 aromatic heterocycles. The highest BCUT2D eigenvalue weighted by molar-refractivity contribution is 5.93. The Hall–Kier alpha value is -2.04. The van der Waals surface area contributed by atoms with Crippen molar-refractivity contribution in [2.24, 2.45) is 10.9 Å². The summed E-state index contributed by atoms with van der Waals surface area (Å²) >= 11 is 0. The van der Waals surface area contributed by atoms with Crippen LogP contribution in [0.15, 0.2) is 29.3 Å². The highest BCUT2D eigenvalue weighted by Gasteiger charge is 2.07. The number of benzene rings is 1. The highest BCUT2D eigenvalue weighted by atomic mass is 16.2. The molecule has 0 aliphatic rings. The molecule has 0 aliphatic carbocycles. The number of carbonyl (C=O) groups excluding carboxylic acids is 1. The van der Waals surface area contributed by atoms with Crippen molar-refractivity contribution >= 4 is 11.9 Å². The minimum absolute atomic E-state index is 0.0199. The molecule has 0 saturated carbocycles. The Labute approximate surface area is 152 Å². The second kappa shape index (κ2) is 11.5. The van der Waals surface area contributed by atoms with Crippen LogP contribution in [0.5, 0.6) is 0 Å². The minimum atomic E-state index is 0.0199. The van der Waals surface area contributed by atoms with Gasteiger partial charge in [-0.1, -0.05) is 38.8 Å². The Kier molecular flexibility index (Phi) is 9.66. The number of rotatable bonds is 9. The molecule has 1 rings (SSSR count). The number of hydrogen-bond donors (Lipinski definition) is 2. The van der Waals surface area contributed by atoms with Gasteiger partial charge in [0.25, 0.3) is 5.91 Å². The summed E-state index contributed by atoms with van der Waals surface area (Å²) in [6.45, 7) is 8.96. The second-order valence-corrected chi connectivity index (χ2v) is 6.91. The maximum absolute atomic E-state index is 11.9. The number of nitrogens with one attached hydrogen (secondary N) is 2. The molecule has 0 aliphatic heterocycles. The van der Waals surface area contributed by atoms with E-state index in [2.05, 4.69) is 36.4 Å². The molecule has 0 heterocycles. The van der Waals surface area contributed by atoms with Crippen LogP contribution in [0.1, 0.15) is 56.0 Å². The SMILES string of the molecule is CCNC(=NCc1ccc(C(=O)N(C)C)cc1)NCCCCC(C)C. The van der Waals surface area contributed by atoms with Crippen molar-refractivity contribution < 1.29 is 4.79 Å². The lowest BCUT2D eigenvalue weighted by Crippen LogP contribution is -2.37. The van der Waals surface area contributed by atoms with Crippen LogP contribution < -0.4 is 10.6 Å². The molecule has 5 heteroatoms. The fraction of sp³-hybridized carbons (Fsp3) is 0.600. The van der Waals surface area contributed by atoms with Crippen LogP contribution in [0.3, 0.4) is 0 Å². The molecule has 2 N–H and O–H groups in total. The summed E-state index contributed by atoms with van der Waals surface area (Å²) in [5, 5.41) is 6.66. The first kappa shape index (κ1) is 21.0. The predicted molar refractivity (Wildman–Crippen MR) is 106 cm³/mol. The molecule has 0 saturated heterocycles. The van der Waals surface area contributed by atoms with E-state index in [0.717, 1.165) is 37.0 Å². The van der Waals surface area contributed by atoms with Gasteiger partial charge in [-0.05, 0) is 37.0 Å². The third kappa shape index (κ3) is 8.57. The summed E-state index contributed by atoms with van der Waals surface area (Å²) in [5.74, 6) is 1.64. The average molecular weight is 347 g/mol. The molecule has 0 spiro atoms. The molecule has 1 aromatic rings. The summed E-state index contributed by atoms with van der Waals surface area (Å²) in [6, 6.07) is 7.65. The zero-order chi connectivity index (χ0) is 18.7. The monoisotopic (exact) mass is 346 g/mol. The van der Waals surface area contributed by atoms with Gasteiger partial charge in [-0.3, -0.25) is 4.79 Å². The first-order valence-electron chi connectivity index (χ1n) is 9.26. The standard InChI is InChI=1S/C20H34N4O/c1-6-21-20(22-14-8-7-9-16(2)3)23-15-17-10-12-18(13-11-17)19(25)24(4)5/h10-13,16H,6-9,14-15H2,1-5H3,(H2,21,22,23). The largest absolute Gasteiger partial charge is 0.357 e. The number of hydrogen-bond acceptors (Lipinski definition) is 2. The van der Waals surface area contributed by atoms with Gasteiger partial charge in [0, 0.05) is 32.7 Å². The van der Waals surface area contributed by atoms with Crippen LogP contribution in [0.4, 0.5) is 0 Å². The zero-order valence-electron chi connectivity index (χ0n) is 16.4. The third-order valence-corrected chi connectivity index (χ3v) is 3.87. The Morgan fingerprint density at radius 2 is 1.80 bits per heavy atom. The van der Waals surface area contributed by atoms with Crippen molar-refractivity contribution in [3.63, 3.8) is 0 Å². The van der Waals surface area contributed by atoms with Crippen LogP contribution in [0.2, 0.25) is 0 Å². The minimum Gasteiger partial charge on any atom is -0.357 e. The van der Waals surface area contributed by atoms with Gasteiger partial charge in [0.1, 0.15) is 0 Å². The fourth-order valence-electron chi connectivity index (χ4n) is 2.41. The van der Waals surface area contributed by atoms with Gasteiger partial charge >= 0.3 is 0 Å². The number of carbonyl (C=O) groups is 1. The Morgan fingerprint density at radius 3 is 2.36 bits per heavy atom. The number of guanidine groups is 1. The van der Waals surface area contributed by atoms with Gasteiger partial charge in [-0.25, -0.2) is 4.99 Å². The fourth-order valence-corrected chi connectivity index (χ4v) is 2.41. The van der Waals surface area contributed by atoms with E-state index in [0.29, 0.717) is 12.1 Å². The molecule has 1 amide bonds. The molecule has 0 bridgehead atoms. The normalized spacial score (nSPS) is 11.5. The molecule has 0 atom stereocenters. The van der Waals surface area contributed by atoms with Gasteiger partial charge < -0.3 is 15.5 Å². The molecule has 1 aromatic carbocycles. The summed E-state index contributed by atoms with van der Waals surface area (Å²) in [7, 11) is 3.52. The van der Waals surface area contributed by atoms with Gasteiger partial charge in [0.05, 0.1) is 6.54 Å². The van der Waals surface area contributed by atoms with Gasteiger partial charge in [-0.2, -0.15) is 0 Å². The highest BCUT2D eigenvalue weighted by Crippen LogP contribution is 2.08. The lowest BCUT2D eigenvalue weighted by atomic mass is 10.1. The van der Waals surface area contributed by atoms with Crippen molar-refractivity contribution in [1.82, 2.24) is 15.5 Å². The molecule has 0 unspecified atom stereocenters. The lowest BCUT2D eigenvalue weighted by Gasteiger charge is -2.12. The van der Waals surface area contributed by atoms with E-state index in [1.54, 1.807) is 19.0 Å². The van der Waals surface area contributed by atoms with E-state index in [-0.39, 0.29) is 5.91 Å². The van der Waals surface area contributed by atoms with E-state index in [1.807, 2.05) is 24.3 Å². The molecule has 0 fully saturated rings. The van der Waals surface area contributed by atoms with Crippen molar-refractivity contribution in [3.8, 4) is 0 Å². The van der Waals surface area contributed by atoms with Crippen LogP contribution in [-0.2, 0) is 6.54 Å². The summed E-state index contributed by atoms with van der Waals surface area (Å²) < 4.78 is 0. The van der Waals surface area contributed by atoms with Crippen molar-refractivity contribution in [2.75, 3.05) is 27.2 Å². The molecule has 25 heavy (non-hydrogen) atoms. The maximum Gasteiger partial charge on any atom is 0.253 e. The predicted octanol–water partition coefficient (Wildman–Crippen LogP) is 3.27. The first-order valence-corrected chi connectivity index (χ1v) is 9.26. The number of unbranched alkanes of at least 4 members (excludes halogenated alkanes) is 1. The van der Waals surface area contributed by atoms with Gasteiger partial charge in [0.15, 0.2) is 5.96 Å².